The highest BCUT2D eigenvalue weighted by Gasteiger charge is 2.29. The predicted molar refractivity (Wildman–Crippen MR) is 58.4 cm³/mol. The normalized spacial score (nSPS) is 25.7. The number of carbonyl (C=O) groups is 1. The van der Waals surface area contributed by atoms with Gasteiger partial charge in [-0.15, -0.1) is 0 Å². The first-order chi connectivity index (χ1) is 7.18. The Morgan fingerprint density at radius 3 is 2.93 bits per heavy atom. The van der Waals surface area contributed by atoms with Crippen LogP contribution in [0.25, 0.3) is 0 Å². The number of hydrogen-bond acceptors (Lipinski definition) is 2. The summed E-state index contributed by atoms with van der Waals surface area (Å²) in [7, 11) is 1.94. The van der Waals surface area contributed by atoms with Gasteiger partial charge in [-0.05, 0) is 18.8 Å². The lowest BCUT2D eigenvalue weighted by molar-refractivity contribution is -0.123. The van der Waals surface area contributed by atoms with Gasteiger partial charge in [0.25, 0.3) is 0 Å². The molecule has 0 N–H and O–H groups in total. The number of rotatable bonds is 3. The average Bonchev–Trinajstić information content (AvgIpc) is 2.76. The molecule has 82 valence electrons. The molecule has 1 aromatic rings. The summed E-state index contributed by atoms with van der Waals surface area (Å²) in [5.74, 6) is 2.10. The van der Waals surface area contributed by atoms with Crippen molar-refractivity contribution in [2.24, 2.45) is 18.9 Å². The topological polar surface area (TPSA) is 34.9 Å². The molecule has 3 nitrogen and oxygen atoms in total. The maximum Gasteiger partial charge on any atom is 0.143 e. The van der Waals surface area contributed by atoms with E-state index >= 15 is 0 Å². The van der Waals surface area contributed by atoms with Gasteiger partial charge in [0.15, 0.2) is 0 Å². The van der Waals surface area contributed by atoms with E-state index in [2.05, 4.69) is 11.9 Å². The number of nitrogens with zero attached hydrogens (tertiary/aromatic N) is 2. The van der Waals surface area contributed by atoms with Crippen LogP contribution in [0.3, 0.4) is 0 Å². The molecular weight excluding hydrogens is 188 g/mol. The van der Waals surface area contributed by atoms with Crippen molar-refractivity contribution in [3.8, 4) is 0 Å². The summed E-state index contributed by atoms with van der Waals surface area (Å²) in [5, 5.41) is 0. The third-order valence-corrected chi connectivity index (χ3v) is 3.53. The summed E-state index contributed by atoms with van der Waals surface area (Å²) in [6.07, 6.45) is 7.62. The molecule has 0 radical (unpaired) electrons. The first-order valence-corrected chi connectivity index (χ1v) is 5.67. The van der Waals surface area contributed by atoms with Crippen molar-refractivity contribution in [3.63, 3.8) is 0 Å². The summed E-state index contributed by atoms with van der Waals surface area (Å²) in [4.78, 5) is 16.2. The Hall–Kier alpha value is -1.12. The van der Waals surface area contributed by atoms with Crippen LogP contribution in [0.4, 0.5) is 0 Å². The SMILES string of the molecule is CC1CCCC1C(=O)Cc1nccn1C. The molecule has 2 rings (SSSR count). The van der Waals surface area contributed by atoms with Crippen molar-refractivity contribution in [1.29, 1.82) is 0 Å². The standard InChI is InChI=1S/C12H18N2O/c1-9-4-3-5-10(9)11(15)8-12-13-6-7-14(12)2/h6-7,9-10H,3-5,8H2,1-2H3. The van der Waals surface area contributed by atoms with Crippen molar-refractivity contribution in [2.75, 3.05) is 0 Å². The minimum absolute atomic E-state index is 0.279. The Morgan fingerprint density at radius 2 is 2.40 bits per heavy atom. The molecule has 2 atom stereocenters. The van der Waals surface area contributed by atoms with Crippen LogP contribution in [-0.2, 0) is 18.3 Å². The molecule has 1 aromatic heterocycles. The molecule has 0 aromatic carbocycles. The summed E-state index contributed by atoms with van der Waals surface area (Å²) in [6.45, 7) is 2.19. The number of hydrogen-bond donors (Lipinski definition) is 0. The zero-order chi connectivity index (χ0) is 10.8. The molecule has 1 aliphatic rings. The van der Waals surface area contributed by atoms with E-state index in [1.54, 1.807) is 6.20 Å². The van der Waals surface area contributed by atoms with Gasteiger partial charge in [-0.25, -0.2) is 4.98 Å². The maximum atomic E-state index is 12.0. The second-order valence-corrected chi connectivity index (χ2v) is 4.61. The largest absolute Gasteiger partial charge is 0.338 e. The van der Waals surface area contributed by atoms with Crippen molar-refractivity contribution in [2.45, 2.75) is 32.6 Å². The van der Waals surface area contributed by atoms with Gasteiger partial charge in [0.1, 0.15) is 11.6 Å². The van der Waals surface area contributed by atoms with Crippen LogP contribution in [0.15, 0.2) is 12.4 Å². The average molecular weight is 206 g/mol. The molecule has 15 heavy (non-hydrogen) atoms. The lowest BCUT2D eigenvalue weighted by atomic mass is 9.92. The highest BCUT2D eigenvalue weighted by Crippen LogP contribution is 2.32. The summed E-state index contributed by atoms with van der Waals surface area (Å²) < 4.78 is 1.93. The molecule has 3 heteroatoms. The van der Waals surface area contributed by atoms with E-state index < -0.39 is 0 Å². The van der Waals surface area contributed by atoms with Crippen LogP contribution in [0, 0.1) is 11.8 Å². The maximum absolute atomic E-state index is 12.0. The second kappa shape index (κ2) is 4.17. The zero-order valence-corrected chi connectivity index (χ0v) is 9.44. The van der Waals surface area contributed by atoms with Gasteiger partial charge in [0.05, 0.1) is 6.42 Å². The van der Waals surface area contributed by atoms with Crippen molar-refractivity contribution in [1.82, 2.24) is 9.55 Å². The molecule has 1 fully saturated rings. The van der Waals surface area contributed by atoms with Crippen LogP contribution < -0.4 is 0 Å². The van der Waals surface area contributed by atoms with Gasteiger partial charge >= 0.3 is 0 Å². The number of carbonyl (C=O) groups excluding carboxylic acids is 1. The molecule has 2 unspecified atom stereocenters. The highest BCUT2D eigenvalue weighted by molar-refractivity contribution is 5.83. The number of imidazole rings is 1. The Morgan fingerprint density at radius 1 is 1.60 bits per heavy atom. The third kappa shape index (κ3) is 2.11. The first kappa shape index (κ1) is 10.4. The number of aromatic nitrogens is 2. The zero-order valence-electron chi connectivity index (χ0n) is 9.44. The van der Waals surface area contributed by atoms with Gasteiger partial charge in [-0.1, -0.05) is 13.3 Å². The molecule has 1 heterocycles. The molecule has 0 saturated heterocycles. The Kier molecular flexibility index (Phi) is 2.89. The summed E-state index contributed by atoms with van der Waals surface area (Å²) in [5.41, 5.74) is 0. The van der Waals surface area contributed by atoms with E-state index in [0.29, 0.717) is 18.1 Å². The van der Waals surface area contributed by atoms with E-state index in [1.165, 1.54) is 12.8 Å². The fourth-order valence-corrected chi connectivity index (χ4v) is 2.48. The lowest BCUT2D eigenvalue weighted by Gasteiger charge is -2.13. The fraction of sp³-hybridized carbons (Fsp3) is 0.667. The number of ketones is 1. The summed E-state index contributed by atoms with van der Waals surface area (Å²) in [6, 6.07) is 0. The molecule has 0 spiro atoms. The molecule has 0 bridgehead atoms. The van der Waals surface area contributed by atoms with Gasteiger partial charge in [0, 0.05) is 25.4 Å². The molecular formula is C12H18N2O. The lowest BCUT2D eigenvalue weighted by Crippen LogP contribution is -2.20. The summed E-state index contributed by atoms with van der Waals surface area (Å²) >= 11 is 0. The Labute approximate surface area is 90.5 Å². The van der Waals surface area contributed by atoms with Gasteiger partial charge < -0.3 is 4.57 Å². The number of aryl methyl sites for hydroxylation is 1. The molecule has 0 aliphatic heterocycles. The van der Waals surface area contributed by atoms with E-state index in [9.17, 15) is 4.79 Å². The van der Waals surface area contributed by atoms with Gasteiger partial charge in [0.2, 0.25) is 0 Å². The predicted octanol–water partition coefficient (Wildman–Crippen LogP) is 1.97. The monoisotopic (exact) mass is 206 g/mol. The van der Waals surface area contributed by atoms with Gasteiger partial charge in [-0.2, -0.15) is 0 Å². The van der Waals surface area contributed by atoms with Crippen molar-refractivity contribution < 1.29 is 4.79 Å². The van der Waals surface area contributed by atoms with Crippen LogP contribution >= 0.6 is 0 Å². The van der Waals surface area contributed by atoms with Crippen LogP contribution in [0.2, 0.25) is 0 Å². The first-order valence-electron chi connectivity index (χ1n) is 5.67. The molecule has 1 aliphatic carbocycles. The van der Waals surface area contributed by atoms with E-state index in [1.807, 2.05) is 17.8 Å². The van der Waals surface area contributed by atoms with E-state index in [0.717, 1.165) is 12.2 Å². The molecule has 1 saturated carbocycles. The minimum Gasteiger partial charge on any atom is -0.338 e. The van der Waals surface area contributed by atoms with E-state index in [-0.39, 0.29) is 5.92 Å². The third-order valence-electron chi connectivity index (χ3n) is 3.53. The highest BCUT2D eigenvalue weighted by atomic mass is 16.1. The van der Waals surface area contributed by atoms with Crippen molar-refractivity contribution >= 4 is 5.78 Å². The fourth-order valence-electron chi connectivity index (χ4n) is 2.48. The molecule has 0 amide bonds. The number of Topliss-reactive ketones (excluding diaryl/α,β-unsaturated/α-hetero) is 1. The Balaban J connectivity index is 2.01. The van der Waals surface area contributed by atoms with Crippen molar-refractivity contribution in [3.05, 3.63) is 18.2 Å². The second-order valence-electron chi connectivity index (χ2n) is 4.61. The quantitative estimate of drug-likeness (QED) is 0.757. The van der Waals surface area contributed by atoms with Crippen LogP contribution in [0.1, 0.15) is 32.0 Å². The Bertz CT molecular complexity index is 356. The smallest absolute Gasteiger partial charge is 0.143 e. The van der Waals surface area contributed by atoms with Gasteiger partial charge in [-0.3, -0.25) is 4.79 Å². The van der Waals surface area contributed by atoms with E-state index in [4.69, 9.17) is 0 Å². The van der Waals surface area contributed by atoms with Crippen LogP contribution in [0.5, 0.6) is 0 Å². The minimum atomic E-state index is 0.279. The van der Waals surface area contributed by atoms with Crippen LogP contribution in [-0.4, -0.2) is 15.3 Å².